The van der Waals surface area contributed by atoms with Crippen LogP contribution in [0, 0.1) is 6.92 Å². The molecule has 4 nitrogen and oxygen atoms in total. The number of hydrogen-bond acceptors (Lipinski definition) is 3. The highest BCUT2D eigenvalue weighted by molar-refractivity contribution is 5.81. The van der Waals surface area contributed by atoms with Gasteiger partial charge in [-0.25, -0.2) is 0 Å². The van der Waals surface area contributed by atoms with Gasteiger partial charge in [-0.15, -0.1) is 0 Å². The van der Waals surface area contributed by atoms with E-state index in [0.717, 1.165) is 45.6 Å². The Bertz CT molecular complexity index is 475. The first-order valence-electron chi connectivity index (χ1n) is 7.46. The van der Waals surface area contributed by atoms with E-state index in [4.69, 9.17) is 4.74 Å². The van der Waals surface area contributed by atoms with Crippen molar-refractivity contribution in [1.29, 1.82) is 0 Å². The molecule has 4 heteroatoms. The maximum absolute atomic E-state index is 12.3. The fraction of sp³-hybridized carbons (Fsp3) is 0.562. The average Bonchev–Trinajstić information content (AvgIpc) is 3.01. The zero-order valence-corrected chi connectivity index (χ0v) is 12.0. The smallest absolute Gasteiger partial charge is 0.251 e. The quantitative estimate of drug-likeness (QED) is 0.825. The molecule has 0 unspecified atom stereocenters. The average molecular weight is 274 g/mol. The number of piperazine rings is 1. The van der Waals surface area contributed by atoms with Crippen molar-refractivity contribution in [2.45, 2.75) is 25.9 Å². The van der Waals surface area contributed by atoms with Crippen molar-refractivity contribution < 1.29 is 9.53 Å². The van der Waals surface area contributed by atoms with Crippen LogP contribution >= 0.6 is 0 Å². The molecule has 0 bridgehead atoms. The minimum absolute atomic E-state index is 0.181. The van der Waals surface area contributed by atoms with Gasteiger partial charge in [-0.1, -0.05) is 18.2 Å². The molecule has 1 amide bonds. The third-order valence-corrected chi connectivity index (χ3v) is 4.25. The summed E-state index contributed by atoms with van der Waals surface area (Å²) < 4.78 is 5.49. The van der Waals surface area contributed by atoms with Gasteiger partial charge in [0.1, 0.15) is 6.10 Å². The van der Waals surface area contributed by atoms with E-state index in [1.54, 1.807) is 0 Å². The molecule has 2 heterocycles. The number of para-hydroxylation sites is 1. The van der Waals surface area contributed by atoms with Crippen LogP contribution in [-0.2, 0) is 9.53 Å². The monoisotopic (exact) mass is 274 g/mol. The molecule has 0 radical (unpaired) electrons. The summed E-state index contributed by atoms with van der Waals surface area (Å²) in [6, 6.07) is 8.44. The van der Waals surface area contributed by atoms with Crippen LogP contribution in [-0.4, -0.2) is 49.7 Å². The minimum atomic E-state index is -0.181. The van der Waals surface area contributed by atoms with Gasteiger partial charge >= 0.3 is 0 Å². The Morgan fingerprint density at radius 2 is 1.95 bits per heavy atom. The van der Waals surface area contributed by atoms with Crippen LogP contribution in [0.25, 0.3) is 0 Å². The molecular formula is C16H22N2O2. The summed E-state index contributed by atoms with van der Waals surface area (Å²) >= 11 is 0. The van der Waals surface area contributed by atoms with E-state index in [1.807, 2.05) is 4.90 Å². The van der Waals surface area contributed by atoms with Crippen molar-refractivity contribution in [2.24, 2.45) is 0 Å². The van der Waals surface area contributed by atoms with Gasteiger partial charge in [-0.3, -0.25) is 4.79 Å². The molecule has 2 fully saturated rings. The predicted molar refractivity (Wildman–Crippen MR) is 78.9 cm³/mol. The van der Waals surface area contributed by atoms with Crippen LogP contribution in [0.15, 0.2) is 24.3 Å². The summed E-state index contributed by atoms with van der Waals surface area (Å²) in [5.74, 6) is 0.187. The van der Waals surface area contributed by atoms with Gasteiger partial charge in [0.2, 0.25) is 0 Å². The topological polar surface area (TPSA) is 32.8 Å². The number of benzene rings is 1. The van der Waals surface area contributed by atoms with Crippen molar-refractivity contribution in [3.05, 3.63) is 29.8 Å². The Balaban J connectivity index is 1.59. The van der Waals surface area contributed by atoms with E-state index in [1.165, 1.54) is 11.3 Å². The maximum Gasteiger partial charge on any atom is 0.251 e. The van der Waals surface area contributed by atoms with Crippen molar-refractivity contribution in [2.75, 3.05) is 37.7 Å². The number of anilines is 1. The molecule has 0 spiro atoms. The molecule has 20 heavy (non-hydrogen) atoms. The number of hydrogen-bond donors (Lipinski definition) is 0. The summed E-state index contributed by atoms with van der Waals surface area (Å²) in [5, 5.41) is 0. The second-order valence-corrected chi connectivity index (χ2v) is 5.60. The summed E-state index contributed by atoms with van der Waals surface area (Å²) in [4.78, 5) is 16.6. The highest BCUT2D eigenvalue weighted by atomic mass is 16.5. The van der Waals surface area contributed by atoms with E-state index in [9.17, 15) is 4.79 Å². The van der Waals surface area contributed by atoms with E-state index >= 15 is 0 Å². The molecule has 1 aromatic rings. The minimum Gasteiger partial charge on any atom is -0.368 e. The number of ether oxygens (including phenoxy) is 1. The predicted octanol–water partition coefficient (Wildman–Crippen LogP) is 1.82. The number of amides is 1. The third kappa shape index (κ3) is 2.66. The van der Waals surface area contributed by atoms with Gasteiger partial charge in [-0.05, 0) is 31.4 Å². The van der Waals surface area contributed by atoms with Crippen LogP contribution in [0.4, 0.5) is 5.69 Å². The van der Waals surface area contributed by atoms with Crippen LogP contribution in [0.1, 0.15) is 18.4 Å². The normalized spacial score (nSPS) is 23.1. The molecule has 3 rings (SSSR count). The Morgan fingerprint density at radius 3 is 2.60 bits per heavy atom. The molecule has 0 N–H and O–H groups in total. The highest BCUT2D eigenvalue weighted by Gasteiger charge is 2.30. The number of nitrogens with zero attached hydrogens (tertiary/aromatic N) is 2. The van der Waals surface area contributed by atoms with E-state index in [-0.39, 0.29) is 12.0 Å². The van der Waals surface area contributed by atoms with Gasteiger partial charge < -0.3 is 14.5 Å². The van der Waals surface area contributed by atoms with Crippen molar-refractivity contribution in [1.82, 2.24) is 4.90 Å². The molecule has 108 valence electrons. The highest BCUT2D eigenvalue weighted by Crippen LogP contribution is 2.22. The summed E-state index contributed by atoms with van der Waals surface area (Å²) in [7, 11) is 0. The van der Waals surface area contributed by atoms with Crippen LogP contribution in [0.5, 0.6) is 0 Å². The number of rotatable bonds is 2. The standard InChI is InChI=1S/C16H22N2O2/c1-13-5-2-3-6-14(13)17-8-10-18(11-9-17)16(19)15-7-4-12-20-15/h2-3,5-6,15H,4,7-12H2,1H3/t15-/m0/s1. The molecule has 0 saturated carbocycles. The first kappa shape index (κ1) is 13.4. The molecule has 0 aliphatic carbocycles. The molecule has 0 aromatic heterocycles. The first-order valence-corrected chi connectivity index (χ1v) is 7.46. The van der Waals surface area contributed by atoms with E-state index in [2.05, 4.69) is 36.1 Å². The number of carbonyl (C=O) groups is 1. The van der Waals surface area contributed by atoms with Crippen molar-refractivity contribution in [3.63, 3.8) is 0 Å². The van der Waals surface area contributed by atoms with Crippen molar-refractivity contribution >= 4 is 11.6 Å². The number of aryl methyl sites for hydroxylation is 1. The second kappa shape index (κ2) is 5.83. The summed E-state index contributed by atoms with van der Waals surface area (Å²) in [5.41, 5.74) is 2.59. The van der Waals surface area contributed by atoms with Crippen LogP contribution < -0.4 is 4.90 Å². The zero-order chi connectivity index (χ0) is 13.9. The zero-order valence-electron chi connectivity index (χ0n) is 12.0. The molecule has 2 aliphatic heterocycles. The van der Waals surface area contributed by atoms with E-state index in [0.29, 0.717) is 0 Å². The number of carbonyl (C=O) groups excluding carboxylic acids is 1. The Labute approximate surface area is 120 Å². The van der Waals surface area contributed by atoms with Crippen LogP contribution in [0.3, 0.4) is 0 Å². The van der Waals surface area contributed by atoms with Crippen molar-refractivity contribution in [3.8, 4) is 0 Å². The lowest BCUT2D eigenvalue weighted by Crippen LogP contribution is -2.51. The summed E-state index contributed by atoms with van der Waals surface area (Å²) in [6.45, 7) is 6.28. The van der Waals surface area contributed by atoms with Gasteiger partial charge in [0, 0.05) is 38.5 Å². The Morgan fingerprint density at radius 1 is 1.20 bits per heavy atom. The lowest BCUT2D eigenvalue weighted by Gasteiger charge is -2.37. The van der Waals surface area contributed by atoms with Gasteiger partial charge in [0.05, 0.1) is 0 Å². The lowest BCUT2D eigenvalue weighted by molar-refractivity contribution is -0.141. The Hall–Kier alpha value is -1.55. The fourth-order valence-electron chi connectivity index (χ4n) is 3.06. The molecule has 1 atom stereocenters. The Kier molecular flexibility index (Phi) is 3.92. The van der Waals surface area contributed by atoms with Gasteiger partial charge in [0.15, 0.2) is 0 Å². The molecule has 1 aromatic carbocycles. The fourth-order valence-corrected chi connectivity index (χ4v) is 3.06. The maximum atomic E-state index is 12.3. The molecular weight excluding hydrogens is 252 g/mol. The molecule has 2 aliphatic rings. The van der Waals surface area contributed by atoms with Crippen LogP contribution in [0.2, 0.25) is 0 Å². The first-order chi connectivity index (χ1) is 9.75. The summed E-state index contributed by atoms with van der Waals surface area (Å²) in [6.07, 6.45) is 1.72. The van der Waals surface area contributed by atoms with Gasteiger partial charge in [-0.2, -0.15) is 0 Å². The lowest BCUT2D eigenvalue weighted by atomic mass is 10.1. The largest absolute Gasteiger partial charge is 0.368 e. The van der Waals surface area contributed by atoms with Gasteiger partial charge in [0.25, 0.3) is 5.91 Å². The molecule has 2 saturated heterocycles. The third-order valence-electron chi connectivity index (χ3n) is 4.25. The second-order valence-electron chi connectivity index (χ2n) is 5.60. The van der Waals surface area contributed by atoms with E-state index < -0.39 is 0 Å². The SMILES string of the molecule is Cc1ccccc1N1CCN(C(=O)[C@@H]2CCCO2)CC1.